The average molecular weight is 519 g/mol. The number of hydrogen-bond donors (Lipinski definition) is 2. The van der Waals surface area contributed by atoms with Crippen molar-refractivity contribution < 1.29 is 13.6 Å². The number of para-hydroxylation sites is 1. The smallest absolute Gasteiger partial charge is 0.256 e. The SMILES string of the molecule is CCCN(C(=O)c1c[nH]c2ccccc12)[C@@H]1CCC[C@H](Nc2cc(C(F)CCF)nc3ccc(C)cc23)C1. The number of benzene rings is 2. The topological polar surface area (TPSA) is 61.0 Å². The van der Waals surface area contributed by atoms with Crippen LogP contribution in [0.5, 0.6) is 0 Å². The summed E-state index contributed by atoms with van der Waals surface area (Å²) in [7, 11) is 0. The van der Waals surface area contributed by atoms with Gasteiger partial charge in [-0.05, 0) is 63.3 Å². The van der Waals surface area contributed by atoms with Gasteiger partial charge < -0.3 is 15.2 Å². The van der Waals surface area contributed by atoms with E-state index in [9.17, 15) is 13.6 Å². The Hall–Kier alpha value is -3.48. The summed E-state index contributed by atoms with van der Waals surface area (Å²) in [6, 6.07) is 15.8. The molecule has 3 atom stereocenters. The molecule has 38 heavy (non-hydrogen) atoms. The number of alkyl halides is 2. The molecule has 1 aliphatic carbocycles. The van der Waals surface area contributed by atoms with Crippen LogP contribution in [0.4, 0.5) is 14.5 Å². The second-order valence-electron chi connectivity index (χ2n) is 10.5. The highest BCUT2D eigenvalue weighted by atomic mass is 19.1. The molecule has 4 aromatic rings. The Morgan fingerprint density at radius 1 is 1.18 bits per heavy atom. The Bertz CT molecular complexity index is 1420. The summed E-state index contributed by atoms with van der Waals surface area (Å²) in [6.45, 7) is 4.10. The van der Waals surface area contributed by atoms with Gasteiger partial charge in [0.25, 0.3) is 5.91 Å². The fourth-order valence-electron chi connectivity index (χ4n) is 5.78. The first-order valence-corrected chi connectivity index (χ1v) is 13.7. The molecule has 1 amide bonds. The highest BCUT2D eigenvalue weighted by Crippen LogP contribution is 2.33. The molecule has 0 bridgehead atoms. The van der Waals surface area contributed by atoms with Gasteiger partial charge in [0.1, 0.15) is 6.17 Å². The van der Waals surface area contributed by atoms with Crippen LogP contribution in [0, 0.1) is 6.92 Å². The van der Waals surface area contributed by atoms with E-state index in [0.717, 1.165) is 59.6 Å². The number of hydrogen-bond acceptors (Lipinski definition) is 3. The zero-order chi connectivity index (χ0) is 26.6. The molecule has 0 aliphatic heterocycles. The van der Waals surface area contributed by atoms with E-state index in [-0.39, 0.29) is 30.1 Å². The van der Waals surface area contributed by atoms with Crippen LogP contribution in [0.1, 0.15) is 73.2 Å². The molecule has 2 heterocycles. The number of rotatable bonds is 9. The molecule has 2 aromatic heterocycles. The zero-order valence-electron chi connectivity index (χ0n) is 22.1. The van der Waals surface area contributed by atoms with Crippen LogP contribution in [-0.2, 0) is 0 Å². The third-order valence-corrected chi connectivity index (χ3v) is 7.66. The van der Waals surface area contributed by atoms with Crippen molar-refractivity contribution in [2.24, 2.45) is 0 Å². The lowest BCUT2D eigenvalue weighted by Crippen LogP contribution is -2.45. The molecular weight excluding hydrogens is 482 g/mol. The number of carbonyl (C=O) groups excluding carboxylic acids is 1. The standard InChI is InChI=1S/C31H36F2N4O/c1-3-15-37(31(38)25-19-34-27-10-5-4-9-23(25)27)22-8-6-7-21(17-22)35-29-18-30(26(33)13-14-32)36-28-12-11-20(2)16-24(28)29/h4-5,9-12,16,18-19,21-22,26,34H,3,6-8,13-15,17H2,1-2H3,(H,35,36)/t21-,22+,26?/m0/s1. The fourth-order valence-corrected chi connectivity index (χ4v) is 5.78. The summed E-state index contributed by atoms with van der Waals surface area (Å²) in [4.78, 5) is 23.5. The van der Waals surface area contributed by atoms with Crippen LogP contribution in [0.15, 0.2) is 54.7 Å². The van der Waals surface area contributed by atoms with Gasteiger partial charge in [-0.2, -0.15) is 0 Å². The maximum Gasteiger partial charge on any atom is 0.256 e. The largest absolute Gasteiger partial charge is 0.382 e. The summed E-state index contributed by atoms with van der Waals surface area (Å²) in [6.07, 6.45) is 4.78. The molecule has 1 fully saturated rings. The monoisotopic (exact) mass is 518 g/mol. The van der Waals surface area contributed by atoms with Crippen molar-refractivity contribution in [2.45, 2.75) is 70.6 Å². The zero-order valence-corrected chi connectivity index (χ0v) is 22.1. The normalized spacial score (nSPS) is 18.5. The summed E-state index contributed by atoms with van der Waals surface area (Å²) in [5.41, 5.74) is 4.56. The molecule has 7 heteroatoms. The van der Waals surface area contributed by atoms with Crippen LogP contribution in [0.3, 0.4) is 0 Å². The summed E-state index contributed by atoms with van der Waals surface area (Å²) in [5.74, 6) is 0.0636. The predicted molar refractivity (Wildman–Crippen MR) is 150 cm³/mol. The molecule has 0 spiro atoms. The van der Waals surface area contributed by atoms with Crippen molar-refractivity contribution >= 4 is 33.4 Å². The minimum absolute atomic E-state index is 0.0636. The second kappa shape index (κ2) is 11.5. The van der Waals surface area contributed by atoms with Gasteiger partial charge in [-0.15, -0.1) is 0 Å². The number of aromatic amines is 1. The predicted octanol–water partition coefficient (Wildman–Crippen LogP) is 7.67. The number of halogens is 2. The van der Waals surface area contributed by atoms with Crippen LogP contribution in [-0.4, -0.2) is 46.1 Å². The van der Waals surface area contributed by atoms with Gasteiger partial charge >= 0.3 is 0 Å². The second-order valence-corrected chi connectivity index (χ2v) is 10.5. The number of anilines is 1. The Kier molecular flexibility index (Phi) is 7.91. The maximum absolute atomic E-state index is 14.7. The van der Waals surface area contributed by atoms with Crippen molar-refractivity contribution in [3.05, 3.63) is 71.5 Å². The third-order valence-electron chi connectivity index (χ3n) is 7.66. The Morgan fingerprint density at radius 2 is 2.03 bits per heavy atom. The first kappa shape index (κ1) is 26.1. The first-order valence-electron chi connectivity index (χ1n) is 13.7. The lowest BCUT2D eigenvalue weighted by atomic mass is 9.89. The summed E-state index contributed by atoms with van der Waals surface area (Å²) >= 11 is 0. The molecule has 200 valence electrons. The molecule has 5 nitrogen and oxygen atoms in total. The lowest BCUT2D eigenvalue weighted by Gasteiger charge is -2.38. The van der Waals surface area contributed by atoms with Crippen molar-refractivity contribution in [3.8, 4) is 0 Å². The van der Waals surface area contributed by atoms with E-state index in [0.29, 0.717) is 17.6 Å². The average Bonchev–Trinajstić information content (AvgIpc) is 3.36. The first-order chi connectivity index (χ1) is 18.5. The minimum atomic E-state index is -1.45. The summed E-state index contributed by atoms with van der Waals surface area (Å²) < 4.78 is 27.6. The van der Waals surface area contributed by atoms with E-state index in [2.05, 4.69) is 28.3 Å². The number of nitrogens with one attached hydrogen (secondary N) is 2. The molecule has 0 radical (unpaired) electrons. The van der Waals surface area contributed by atoms with Crippen LogP contribution in [0.2, 0.25) is 0 Å². The van der Waals surface area contributed by atoms with Gasteiger partial charge in [0.15, 0.2) is 0 Å². The lowest BCUT2D eigenvalue weighted by molar-refractivity contribution is 0.0630. The van der Waals surface area contributed by atoms with Crippen molar-refractivity contribution in [3.63, 3.8) is 0 Å². The molecule has 1 aliphatic rings. The molecular formula is C31H36F2N4O. The summed E-state index contributed by atoms with van der Waals surface area (Å²) in [5, 5.41) is 5.56. The van der Waals surface area contributed by atoms with Gasteiger partial charge in [0.2, 0.25) is 0 Å². The van der Waals surface area contributed by atoms with E-state index in [1.54, 1.807) is 6.07 Å². The number of pyridine rings is 1. The maximum atomic E-state index is 14.7. The number of fused-ring (bicyclic) bond motifs is 2. The van der Waals surface area contributed by atoms with Crippen molar-refractivity contribution in [1.82, 2.24) is 14.9 Å². The van der Waals surface area contributed by atoms with Crippen molar-refractivity contribution in [2.75, 3.05) is 18.5 Å². The van der Waals surface area contributed by atoms with Gasteiger partial charge in [0.05, 0.1) is 23.4 Å². The van der Waals surface area contributed by atoms with Gasteiger partial charge in [-0.1, -0.05) is 36.8 Å². The number of carbonyl (C=O) groups is 1. The van der Waals surface area contributed by atoms with Crippen LogP contribution < -0.4 is 5.32 Å². The van der Waals surface area contributed by atoms with Crippen LogP contribution in [0.25, 0.3) is 21.8 Å². The van der Waals surface area contributed by atoms with E-state index >= 15 is 0 Å². The molecule has 5 rings (SSSR count). The Labute approximate surface area is 222 Å². The van der Waals surface area contributed by atoms with E-state index < -0.39 is 12.8 Å². The van der Waals surface area contributed by atoms with Gasteiger partial charge in [-0.25, -0.2) is 9.37 Å². The third kappa shape index (κ3) is 5.38. The van der Waals surface area contributed by atoms with E-state index in [1.165, 1.54) is 0 Å². The number of nitrogens with zero attached hydrogens (tertiary/aromatic N) is 2. The molecule has 2 N–H and O–H groups in total. The number of H-pyrrole nitrogens is 1. The van der Waals surface area contributed by atoms with Gasteiger partial charge in [0, 0.05) is 53.2 Å². The van der Waals surface area contributed by atoms with Crippen molar-refractivity contribution in [1.29, 1.82) is 0 Å². The minimum Gasteiger partial charge on any atom is -0.382 e. The number of aromatic nitrogens is 2. The van der Waals surface area contributed by atoms with Crippen LogP contribution >= 0.6 is 0 Å². The number of aryl methyl sites for hydroxylation is 1. The number of amides is 1. The van der Waals surface area contributed by atoms with E-state index in [1.807, 2.05) is 54.4 Å². The Morgan fingerprint density at radius 3 is 2.84 bits per heavy atom. The molecule has 2 aromatic carbocycles. The highest BCUT2D eigenvalue weighted by Gasteiger charge is 2.31. The molecule has 1 unspecified atom stereocenters. The molecule has 1 saturated carbocycles. The van der Waals surface area contributed by atoms with Gasteiger partial charge in [-0.3, -0.25) is 9.18 Å². The Balaban J connectivity index is 1.40. The quantitative estimate of drug-likeness (QED) is 0.239. The van der Waals surface area contributed by atoms with E-state index in [4.69, 9.17) is 0 Å². The highest BCUT2D eigenvalue weighted by molar-refractivity contribution is 6.06. The fraction of sp³-hybridized carbons (Fsp3) is 0.419. The molecule has 0 saturated heterocycles.